The number of hydrogen-bond acceptors (Lipinski definition) is 5. The number of carbonyl (C=O) groups excluding carboxylic acids is 1. The first-order valence-electron chi connectivity index (χ1n) is 6.56. The fourth-order valence-corrected chi connectivity index (χ4v) is 3.36. The Bertz CT molecular complexity index is 777. The van der Waals surface area contributed by atoms with E-state index in [1.54, 1.807) is 23.2 Å². The van der Waals surface area contributed by atoms with Crippen molar-refractivity contribution >= 4 is 27.0 Å². The van der Waals surface area contributed by atoms with Crippen molar-refractivity contribution < 1.29 is 13.2 Å². The van der Waals surface area contributed by atoms with Crippen LogP contribution in [0, 0.1) is 0 Å². The fourth-order valence-electron chi connectivity index (χ4n) is 2.50. The van der Waals surface area contributed by atoms with Crippen LogP contribution >= 0.6 is 0 Å². The number of amides is 1. The molecular formula is C12H15N5O3S. The molecule has 1 saturated heterocycles. The predicted molar refractivity (Wildman–Crippen MR) is 75.9 cm³/mol. The summed E-state index contributed by atoms with van der Waals surface area (Å²) in [5.74, 6) is -0.209. The molecule has 2 aromatic heterocycles. The van der Waals surface area contributed by atoms with Crippen molar-refractivity contribution in [3.05, 3.63) is 24.0 Å². The van der Waals surface area contributed by atoms with Crippen molar-refractivity contribution in [2.45, 2.75) is 18.1 Å². The molecule has 9 heteroatoms. The second-order valence-electron chi connectivity index (χ2n) is 5.08. The maximum absolute atomic E-state index is 12.4. The summed E-state index contributed by atoms with van der Waals surface area (Å²) in [6.07, 6.45) is 2.35. The standard InChI is InChI=1S/C12H15N5O3S/c13-21(19,20)9-3-5-17(6-4-9)12(18)10-2-1-8-7-14-16-11(8)15-10/h1-2,7,9H,3-6H2,(H2,13,19,20)(H,14,15,16). The van der Waals surface area contributed by atoms with E-state index in [0.29, 0.717) is 37.3 Å². The average molecular weight is 309 g/mol. The van der Waals surface area contributed by atoms with Gasteiger partial charge < -0.3 is 4.90 Å². The van der Waals surface area contributed by atoms with Gasteiger partial charge in [-0.25, -0.2) is 18.5 Å². The molecule has 0 radical (unpaired) electrons. The van der Waals surface area contributed by atoms with Crippen LogP contribution in [-0.4, -0.2) is 52.7 Å². The Balaban J connectivity index is 1.74. The second-order valence-corrected chi connectivity index (χ2v) is 6.93. The van der Waals surface area contributed by atoms with E-state index in [-0.39, 0.29) is 5.91 Å². The molecule has 1 aliphatic heterocycles. The molecular weight excluding hydrogens is 294 g/mol. The minimum Gasteiger partial charge on any atom is -0.337 e. The van der Waals surface area contributed by atoms with Crippen LogP contribution in [0.4, 0.5) is 0 Å². The molecule has 0 spiro atoms. The summed E-state index contributed by atoms with van der Waals surface area (Å²) in [5.41, 5.74) is 0.876. The molecule has 0 saturated carbocycles. The summed E-state index contributed by atoms with van der Waals surface area (Å²) >= 11 is 0. The molecule has 1 aliphatic rings. The number of H-pyrrole nitrogens is 1. The number of carbonyl (C=O) groups is 1. The number of aromatic nitrogens is 3. The molecule has 0 bridgehead atoms. The molecule has 3 heterocycles. The Labute approximate surface area is 121 Å². The van der Waals surface area contributed by atoms with Gasteiger partial charge in [-0.2, -0.15) is 5.10 Å². The first-order valence-corrected chi connectivity index (χ1v) is 8.17. The van der Waals surface area contributed by atoms with Crippen LogP contribution in [0.15, 0.2) is 18.3 Å². The van der Waals surface area contributed by atoms with E-state index < -0.39 is 15.3 Å². The first-order chi connectivity index (χ1) is 9.95. The third-order valence-corrected chi connectivity index (χ3v) is 5.11. The number of primary sulfonamides is 1. The number of hydrogen-bond donors (Lipinski definition) is 2. The van der Waals surface area contributed by atoms with E-state index in [4.69, 9.17) is 5.14 Å². The molecule has 1 fully saturated rings. The third-order valence-electron chi connectivity index (χ3n) is 3.71. The van der Waals surface area contributed by atoms with Gasteiger partial charge in [0, 0.05) is 18.5 Å². The maximum Gasteiger partial charge on any atom is 0.272 e. The Morgan fingerprint density at radius 3 is 2.71 bits per heavy atom. The van der Waals surface area contributed by atoms with Crippen LogP contribution in [0.3, 0.4) is 0 Å². The van der Waals surface area contributed by atoms with Gasteiger partial charge in [-0.1, -0.05) is 0 Å². The zero-order valence-corrected chi connectivity index (χ0v) is 12.0. The van der Waals surface area contributed by atoms with Crippen molar-refractivity contribution in [1.82, 2.24) is 20.1 Å². The summed E-state index contributed by atoms with van der Waals surface area (Å²) in [7, 11) is -3.53. The Kier molecular flexibility index (Phi) is 3.38. The summed E-state index contributed by atoms with van der Waals surface area (Å²) < 4.78 is 22.6. The molecule has 0 unspecified atom stereocenters. The second kappa shape index (κ2) is 5.08. The van der Waals surface area contributed by atoms with E-state index in [1.165, 1.54) is 0 Å². The molecule has 1 amide bonds. The highest BCUT2D eigenvalue weighted by Crippen LogP contribution is 2.18. The lowest BCUT2D eigenvalue weighted by atomic mass is 10.1. The van der Waals surface area contributed by atoms with Crippen molar-refractivity contribution in [2.75, 3.05) is 13.1 Å². The van der Waals surface area contributed by atoms with Crippen molar-refractivity contribution in [1.29, 1.82) is 0 Å². The number of nitrogens with zero attached hydrogens (tertiary/aromatic N) is 3. The average Bonchev–Trinajstić information content (AvgIpc) is 2.93. The molecule has 112 valence electrons. The summed E-state index contributed by atoms with van der Waals surface area (Å²) in [6.45, 7) is 0.727. The van der Waals surface area contributed by atoms with E-state index in [9.17, 15) is 13.2 Å². The Morgan fingerprint density at radius 2 is 2.05 bits per heavy atom. The summed E-state index contributed by atoms with van der Waals surface area (Å²) in [4.78, 5) is 18.2. The number of likely N-dealkylation sites (tertiary alicyclic amines) is 1. The van der Waals surface area contributed by atoms with Crippen molar-refractivity contribution in [2.24, 2.45) is 5.14 Å². The maximum atomic E-state index is 12.4. The smallest absolute Gasteiger partial charge is 0.272 e. The summed E-state index contributed by atoms with van der Waals surface area (Å²) in [6, 6.07) is 3.42. The van der Waals surface area contributed by atoms with E-state index in [1.807, 2.05) is 0 Å². The third kappa shape index (κ3) is 2.74. The highest BCUT2D eigenvalue weighted by atomic mass is 32.2. The van der Waals surface area contributed by atoms with Crippen LogP contribution in [0.2, 0.25) is 0 Å². The molecule has 2 aromatic rings. The fraction of sp³-hybridized carbons (Fsp3) is 0.417. The van der Waals surface area contributed by atoms with Crippen LogP contribution in [0.1, 0.15) is 23.3 Å². The van der Waals surface area contributed by atoms with Gasteiger partial charge in [-0.05, 0) is 25.0 Å². The SMILES string of the molecule is NS(=O)(=O)C1CCN(C(=O)c2ccc3cn[nH]c3n2)CC1. The van der Waals surface area contributed by atoms with Crippen LogP contribution in [0.5, 0.6) is 0 Å². The number of rotatable bonds is 2. The summed E-state index contributed by atoms with van der Waals surface area (Å²) in [5, 5.41) is 12.0. The van der Waals surface area contributed by atoms with Gasteiger partial charge in [-0.3, -0.25) is 9.89 Å². The van der Waals surface area contributed by atoms with Crippen molar-refractivity contribution in [3.63, 3.8) is 0 Å². The number of sulfonamides is 1. The quantitative estimate of drug-likeness (QED) is 0.799. The first kappa shape index (κ1) is 14.0. The van der Waals surface area contributed by atoms with E-state index >= 15 is 0 Å². The van der Waals surface area contributed by atoms with Gasteiger partial charge in [-0.15, -0.1) is 0 Å². The van der Waals surface area contributed by atoms with Gasteiger partial charge in [0.15, 0.2) is 5.65 Å². The monoisotopic (exact) mass is 309 g/mol. The van der Waals surface area contributed by atoms with E-state index in [0.717, 1.165) is 5.39 Å². The van der Waals surface area contributed by atoms with Crippen LogP contribution in [-0.2, 0) is 10.0 Å². The lowest BCUT2D eigenvalue weighted by molar-refractivity contribution is 0.0720. The lowest BCUT2D eigenvalue weighted by Gasteiger charge is -2.30. The molecule has 21 heavy (non-hydrogen) atoms. The molecule has 3 rings (SSSR count). The largest absolute Gasteiger partial charge is 0.337 e. The van der Waals surface area contributed by atoms with Crippen molar-refractivity contribution in [3.8, 4) is 0 Å². The number of fused-ring (bicyclic) bond motifs is 1. The Hall–Kier alpha value is -2.00. The molecule has 8 nitrogen and oxygen atoms in total. The van der Waals surface area contributed by atoms with E-state index in [2.05, 4.69) is 15.2 Å². The number of piperidine rings is 1. The zero-order valence-electron chi connectivity index (χ0n) is 11.2. The normalized spacial score (nSPS) is 17.3. The highest BCUT2D eigenvalue weighted by molar-refractivity contribution is 7.89. The Morgan fingerprint density at radius 1 is 1.33 bits per heavy atom. The lowest BCUT2D eigenvalue weighted by Crippen LogP contribution is -2.44. The molecule has 3 N–H and O–H groups in total. The molecule has 0 aliphatic carbocycles. The number of nitrogens with two attached hydrogens (primary N) is 1. The zero-order chi connectivity index (χ0) is 15.0. The number of pyridine rings is 1. The number of aromatic amines is 1. The highest BCUT2D eigenvalue weighted by Gasteiger charge is 2.30. The van der Waals surface area contributed by atoms with Gasteiger partial charge in [0.2, 0.25) is 10.0 Å². The van der Waals surface area contributed by atoms with Gasteiger partial charge >= 0.3 is 0 Å². The van der Waals surface area contributed by atoms with Crippen LogP contribution in [0.25, 0.3) is 11.0 Å². The minimum atomic E-state index is -3.53. The van der Waals surface area contributed by atoms with Gasteiger partial charge in [0.25, 0.3) is 5.91 Å². The molecule has 0 atom stereocenters. The van der Waals surface area contributed by atoms with Crippen LogP contribution < -0.4 is 5.14 Å². The minimum absolute atomic E-state index is 0.209. The predicted octanol–water partition coefficient (Wildman–Crippen LogP) is -0.149. The van der Waals surface area contributed by atoms with Gasteiger partial charge in [0.05, 0.1) is 11.4 Å². The molecule has 0 aromatic carbocycles. The van der Waals surface area contributed by atoms with Gasteiger partial charge in [0.1, 0.15) is 5.69 Å². The topological polar surface area (TPSA) is 122 Å². The number of nitrogens with one attached hydrogen (secondary N) is 1.